The first kappa shape index (κ1) is 25.0. The van der Waals surface area contributed by atoms with Crippen LogP contribution in [0.3, 0.4) is 0 Å². The third-order valence-corrected chi connectivity index (χ3v) is 8.58. The Morgan fingerprint density at radius 1 is 0.409 bits per heavy atom. The maximum absolute atomic E-state index is 6.38. The van der Waals surface area contributed by atoms with Gasteiger partial charge in [-0.05, 0) is 68.7 Å². The third kappa shape index (κ3) is 4.03. The summed E-state index contributed by atoms with van der Waals surface area (Å²) in [5.74, 6) is 1.82. The second-order valence-electron chi connectivity index (χ2n) is 11.0. The number of aromatic nitrogens is 3. The molecule has 0 N–H and O–H groups in total. The van der Waals surface area contributed by atoms with Gasteiger partial charge in [0.2, 0.25) is 0 Å². The van der Waals surface area contributed by atoms with Crippen molar-refractivity contribution in [1.82, 2.24) is 15.0 Å². The van der Waals surface area contributed by atoms with Crippen LogP contribution in [0.5, 0.6) is 0 Å². The molecule has 5 heteroatoms. The number of fused-ring (bicyclic) bond motifs is 8. The molecule has 0 atom stereocenters. The Morgan fingerprint density at radius 3 is 1.86 bits per heavy atom. The normalized spacial score (nSPS) is 11.8. The summed E-state index contributed by atoms with van der Waals surface area (Å²) in [5, 5.41) is 9.71. The second-order valence-corrected chi connectivity index (χ2v) is 11.4. The van der Waals surface area contributed by atoms with Crippen LogP contribution >= 0.6 is 11.6 Å². The zero-order valence-corrected chi connectivity index (χ0v) is 24.1. The highest BCUT2D eigenvalue weighted by Crippen LogP contribution is 2.38. The van der Waals surface area contributed by atoms with Crippen LogP contribution in [0, 0.1) is 0 Å². The van der Waals surface area contributed by atoms with Gasteiger partial charge < -0.3 is 4.42 Å². The predicted octanol–water partition coefficient (Wildman–Crippen LogP) is 10.9. The summed E-state index contributed by atoms with van der Waals surface area (Å²) in [6.45, 7) is 0. The van der Waals surface area contributed by atoms with Crippen LogP contribution in [0.15, 0.2) is 138 Å². The van der Waals surface area contributed by atoms with Gasteiger partial charge in [0, 0.05) is 32.5 Å². The molecular formula is C39H22ClN3O. The lowest BCUT2D eigenvalue weighted by Crippen LogP contribution is -2.00. The van der Waals surface area contributed by atoms with Crippen molar-refractivity contribution in [3.63, 3.8) is 0 Å². The summed E-state index contributed by atoms with van der Waals surface area (Å²) in [6.07, 6.45) is 0. The van der Waals surface area contributed by atoms with E-state index in [1.165, 1.54) is 21.5 Å². The van der Waals surface area contributed by atoms with E-state index in [9.17, 15) is 0 Å². The van der Waals surface area contributed by atoms with Gasteiger partial charge >= 0.3 is 0 Å². The molecule has 2 heterocycles. The Balaban J connectivity index is 1.25. The number of benzene rings is 7. The Bertz CT molecular complexity index is 2570. The molecule has 0 radical (unpaired) electrons. The average Bonchev–Trinajstić information content (AvgIpc) is 3.46. The fourth-order valence-electron chi connectivity index (χ4n) is 6.20. The molecule has 0 spiro atoms. The molecule has 2 aromatic heterocycles. The molecule has 0 bridgehead atoms. The summed E-state index contributed by atoms with van der Waals surface area (Å²) in [6, 6.07) is 45.4. The summed E-state index contributed by atoms with van der Waals surface area (Å²) in [4.78, 5) is 14.9. The van der Waals surface area contributed by atoms with Crippen LogP contribution in [-0.2, 0) is 0 Å². The monoisotopic (exact) mass is 583 g/mol. The van der Waals surface area contributed by atoms with Crippen LogP contribution in [0.4, 0.5) is 0 Å². The molecule has 206 valence electrons. The molecule has 0 amide bonds. The minimum Gasteiger partial charge on any atom is -0.456 e. The number of nitrogens with zero attached hydrogens (tertiary/aromatic N) is 3. The van der Waals surface area contributed by atoms with E-state index in [0.717, 1.165) is 49.4 Å². The fraction of sp³-hybridized carbons (Fsp3) is 0. The highest BCUT2D eigenvalue weighted by atomic mass is 35.5. The molecule has 0 unspecified atom stereocenters. The lowest BCUT2D eigenvalue weighted by atomic mass is 10.00. The van der Waals surface area contributed by atoms with Crippen molar-refractivity contribution in [3.05, 3.63) is 138 Å². The topological polar surface area (TPSA) is 51.8 Å². The number of halogens is 1. The summed E-state index contributed by atoms with van der Waals surface area (Å²) in [7, 11) is 0. The molecule has 4 nitrogen and oxygen atoms in total. The van der Waals surface area contributed by atoms with Gasteiger partial charge in [-0.2, -0.15) is 0 Å². The Kier molecular flexibility index (Phi) is 5.52. The van der Waals surface area contributed by atoms with Crippen molar-refractivity contribution in [1.29, 1.82) is 0 Å². The van der Waals surface area contributed by atoms with E-state index < -0.39 is 0 Å². The molecule has 7 aromatic carbocycles. The largest absolute Gasteiger partial charge is 0.456 e. The number of hydrogen-bond donors (Lipinski definition) is 0. The van der Waals surface area contributed by atoms with Crippen LogP contribution in [0.2, 0.25) is 5.02 Å². The van der Waals surface area contributed by atoms with Crippen LogP contribution in [0.1, 0.15) is 0 Å². The summed E-state index contributed by atoms with van der Waals surface area (Å²) in [5.41, 5.74) is 4.30. The van der Waals surface area contributed by atoms with Crippen molar-refractivity contribution in [2.75, 3.05) is 0 Å². The van der Waals surface area contributed by atoms with Gasteiger partial charge in [-0.25, -0.2) is 15.0 Å². The standard InChI is InChI=1S/C39H22ClN3O/c40-29-17-14-25-16-19-34-36(33(25)22-29)31-18-15-28(21-35(31)44-34)39-42-37(26-7-2-1-3-8-26)41-38(43-39)27-13-12-24-11-10-23-6-4-5-9-30(23)32(24)20-27/h1-22H. The molecule has 9 rings (SSSR count). The van der Waals surface area contributed by atoms with E-state index >= 15 is 0 Å². The Labute approximate surface area is 257 Å². The van der Waals surface area contributed by atoms with E-state index in [4.69, 9.17) is 31.0 Å². The highest BCUT2D eigenvalue weighted by molar-refractivity contribution is 6.32. The number of furan rings is 1. The predicted molar refractivity (Wildman–Crippen MR) is 181 cm³/mol. The van der Waals surface area contributed by atoms with Crippen molar-refractivity contribution < 1.29 is 4.42 Å². The van der Waals surface area contributed by atoms with Gasteiger partial charge in [-0.15, -0.1) is 0 Å². The minimum absolute atomic E-state index is 0.585. The maximum Gasteiger partial charge on any atom is 0.164 e. The number of rotatable bonds is 3. The Morgan fingerprint density at radius 2 is 1.02 bits per heavy atom. The zero-order valence-electron chi connectivity index (χ0n) is 23.3. The van der Waals surface area contributed by atoms with Crippen LogP contribution in [-0.4, -0.2) is 15.0 Å². The molecule has 0 saturated carbocycles. The smallest absolute Gasteiger partial charge is 0.164 e. The summed E-state index contributed by atoms with van der Waals surface area (Å²) >= 11 is 6.38. The molecule has 0 aliphatic carbocycles. The number of hydrogen-bond acceptors (Lipinski definition) is 4. The van der Waals surface area contributed by atoms with E-state index in [1.807, 2.05) is 60.7 Å². The minimum atomic E-state index is 0.585. The first-order valence-electron chi connectivity index (χ1n) is 14.5. The van der Waals surface area contributed by atoms with Gasteiger partial charge in [0.1, 0.15) is 11.2 Å². The van der Waals surface area contributed by atoms with Gasteiger partial charge in [0.15, 0.2) is 17.5 Å². The molecular weight excluding hydrogens is 562 g/mol. The lowest BCUT2D eigenvalue weighted by molar-refractivity contribution is 0.669. The summed E-state index contributed by atoms with van der Waals surface area (Å²) < 4.78 is 6.37. The first-order chi connectivity index (χ1) is 21.7. The SMILES string of the molecule is Clc1ccc2ccc3oc4cc(-c5nc(-c6ccccc6)nc(-c6ccc7ccc8ccccc8c7c6)n5)ccc4c3c2c1. The molecule has 0 aliphatic rings. The van der Waals surface area contributed by atoms with E-state index in [1.54, 1.807) is 0 Å². The van der Waals surface area contributed by atoms with E-state index in [0.29, 0.717) is 22.5 Å². The van der Waals surface area contributed by atoms with Crippen molar-refractivity contribution in [2.45, 2.75) is 0 Å². The third-order valence-electron chi connectivity index (χ3n) is 8.35. The fourth-order valence-corrected chi connectivity index (χ4v) is 6.37. The van der Waals surface area contributed by atoms with Crippen molar-refractivity contribution in [2.24, 2.45) is 0 Å². The van der Waals surface area contributed by atoms with E-state index in [-0.39, 0.29) is 0 Å². The van der Waals surface area contributed by atoms with Crippen molar-refractivity contribution >= 4 is 65.9 Å². The lowest BCUT2D eigenvalue weighted by Gasteiger charge is -2.10. The highest BCUT2D eigenvalue weighted by Gasteiger charge is 2.16. The second kappa shape index (κ2) is 9.73. The molecule has 44 heavy (non-hydrogen) atoms. The van der Waals surface area contributed by atoms with Crippen LogP contribution < -0.4 is 0 Å². The van der Waals surface area contributed by atoms with Gasteiger partial charge in [0.05, 0.1) is 0 Å². The molecule has 0 saturated heterocycles. The maximum atomic E-state index is 6.38. The molecule has 0 aliphatic heterocycles. The molecule has 9 aromatic rings. The Hall–Kier alpha value is -5.58. The zero-order chi connectivity index (χ0) is 29.2. The molecule has 0 fully saturated rings. The van der Waals surface area contributed by atoms with Gasteiger partial charge in [-0.1, -0.05) is 109 Å². The van der Waals surface area contributed by atoms with E-state index in [2.05, 4.69) is 72.8 Å². The van der Waals surface area contributed by atoms with Crippen molar-refractivity contribution in [3.8, 4) is 34.2 Å². The van der Waals surface area contributed by atoms with Crippen LogP contribution in [0.25, 0.3) is 88.4 Å². The average molecular weight is 584 g/mol. The quantitative estimate of drug-likeness (QED) is 0.194. The first-order valence-corrected chi connectivity index (χ1v) is 14.8. The van der Waals surface area contributed by atoms with Gasteiger partial charge in [0.25, 0.3) is 0 Å². The van der Waals surface area contributed by atoms with Gasteiger partial charge in [-0.3, -0.25) is 0 Å².